The van der Waals surface area contributed by atoms with Crippen molar-refractivity contribution in [1.29, 1.82) is 0 Å². The van der Waals surface area contributed by atoms with Crippen molar-refractivity contribution in [3.63, 3.8) is 0 Å². The van der Waals surface area contributed by atoms with E-state index in [1.807, 2.05) is 30.1 Å². The van der Waals surface area contributed by atoms with Crippen LogP contribution in [0.5, 0.6) is 0 Å². The van der Waals surface area contributed by atoms with Crippen molar-refractivity contribution < 1.29 is 9.90 Å². The lowest BCUT2D eigenvalue weighted by Crippen LogP contribution is -2.42. The molecule has 0 saturated carbocycles. The molecular formula is C31H31N3O2. The molecule has 1 aliphatic rings. The highest BCUT2D eigenvalue weighted by Gasteiger charge is 2.33. The van der Waals surface area contributed by atoms with Crippen LogP contribution in [0.2, 0.25) is 0 Å². The molecule has 0 radical (unpaired) electrons. The van der Waals surface area contributed by atoms with E-state index in [0.29, 0.717) is 6.04 Å². The van der Waals surface area contributed by atoms with Crippen molar-refractivity contribution in [2.24, 2.45) is 7.05 Å². The number of hydrogen-bond donors (Lipinski definition) is 1. The zero-order valence-electron chi connectivity index (χ0n) is 20.9. The Morgan fingerprint density at radius 2 is 1.81 bits per heavy atom. The second-order valence-corrected chi connectivity index (χ2v) is 9.54. The third kappa shape index (κ3) is 4.69. The minimum Gasteiger partial charge on any atom is -0.478 e. The molecule has 0 spiro atoms. The van der Waals surface area contributed by atoms with Gasteiger partial charge in [-0.25, -0.2) is 4.79 Å². The summed E-state index contributed by atoms with van der Waals surface area (Å²) < 4.78 is 1.84. The number of nitrogens with zero attached hydrogens (tertiary/aromatic N) is 3. The van der Waals surface area contributed by atoms with Crippen molar-refractivity contribution in [1.82, 2.24) is 9.78 Å². The topological polar surface area (TPSA) is 58.4 Å². The van der Waals surface area contributed by atoms with Crippen LogP contribution in [0.4, 0.5) is 5.69 Å². The highest BCUT2D eigenvalue weighted by Crippen LogP contribution is 2.42. The van der Waals surface area contributed by atoms with Crippen LogP contribution in [-0.4, -0.2) is 26.9 Å². The molecule has 1 aliphatic heterocycles. The van der Waals surface area contributed by atoms with Gasteiger partial charge in [0.05, 0.1) is 12.2 Å². The standard InChI is InChI=1S/C31H31N3O2/c1-4-22-7-13-28(14-8-22)34-21(2)17-26-18-25(27-19-32-33(3)20-27)12-15-29(26)31(34)24-10-5-23(6-11-24)9-16-30(35)36/h5-16,18-21,31H,4,17H2,1-3H3,(H,35,36)/b16-9+/t21-,31+/m1/s1. The van der Waals surface area contributed by atoms with Crippen LogP contribution >= 0.6 is 0 Å². The summed E-state index contributed by atoms with van der Waals surface area (Å²) in [5.74, 6) is -0.944. The van der Waals surface area contributed by atoms with Gasteiger partial charge in [0.15, 0.2) is 0 Å². The molecule has 5 heteroatoms. The number of fused-ring (bicyclic) bond motifs is 1. The maximum Gasteiger partial charge on any atom is 0.328 e. The van der Waals surface area contributed by atoms with Crippen molar-refractivity contribution in [2.75, 3.05) is 4.90 Å². The fourth-order valence-electron chi connectivity index (χ4n) is 5.22. The van der Waals surface area contributed by atoms with Gasteiger partial charge in [-0.1, -0.05) is 61.5 Å². The lowest BCUT2D eigenvalue weighted by atomic mass is 9.83. The predicted octanol–water partition coefficient (Wildman–Crippen LogP) is 6.29. The van der Waals surface area contributed by atoms with E-state index in [0.717, 1.165) is 24.0 Å². The van der Waals surface area contributed by atoms with Gasteiger partial charge in [-0.05, 0) is 71.4 Å². The number of carbonyl (C=O) groups is 1. The van der Waals surface area contributed by atoms with Gasteiger partial charge in [0.25, 0.3) is 0 Å². The fourth-order valence-corrected chi connectivity index (χ4v) is 5.22. The predicted molar refractivity (Wildman–Crippen MR) is 145 cm³/mol. The molecular weight excluding hydrogens is 446 g/mol. The summed E-state index contributed by atoms with van der Waals surface area (Å²) >= 11 is 0. The summed E-state index contributed by atoms with van der Waals surface area (Å²) in [6, 6.07) is 24.3. The Hall–Kier alpha value is -4.12. The number of benzene rings is 3. The molecule has 5 rings (SSSR count). The van der Waals surface area contributed by atoms with Crippen molar-refractivity contribution in [2.45, 2.75) is 38.8 Å². The van der Waals surface area contributed by atoms with E-state index in [2.05, 4.69) is 84.6 Å². The molecule has 182 valence electrons. The Morgan fingerprint density at radius 1 is 1.06 bits per heavy atom. The first-order valence-corrected chi connectivity index (χ1v) is 12.4. The van der Waals surface area contributed by atoms with E-state index < -0.39 is 5.97 Å². The molecule has 0 bridgehead atoms. The highest BCUT2D eigenvalue weighted by atomic mass is 16.4. The number of aryl methyl sites for hydroxylation is 2. The zero-order valence-corrected chi connectivity index (χ0v) is 20.9. The lowest BCUT2D eigenvalue weighted by Gasteiger charge is -2.44. The minimum atomic E-state index is -0.944. The molecule has 0 saturated heterocycles. The molecule has 0 fully saturated rings. The second-order valence-electron chi connectivity index (χ2n) is 9.54. The van der Waals surface area contributed by atoms with E-state index in [1.165, 1.54) is 39.6 Å². The minimum absolute atomic E-state index is 0.0525. The van der Waals surface area contributed by atoms with E-state index in [-0.39, 0.29) is 6.04 Å². The Morgan fingerprint density at radius 3 is 2.44 bits per heavy atom. The van der Waals surface area contributed by atoms with Crippen LogP contribution in [0.3, 0.4) is 0 Å². The third-order valence-electron chi connectivity index (χ3n) is 7.06. The van der Waals surface area contributed by atoms with Crippen LogP contribution in [0.15, 0.2) is 85.2 Å². The molecule has 0 aliphatic carbocycles. The smallest absolute Gasteiger partial charge is 0.328 e. The first kappa shape index (κ1) is 23.6. The summed E-state index contributed by atoms with van der Waals surface area (Å²) in [6.07, 6.45) is 8.74. The van der Waals surface area contributed by atoms with Crippen LogP contribution in [-0.2, 0) is 24.7 Å². The molecule has 0 unspecified atom stereocenters. The molecule has 0 amide bonds. The number of hydrogen-bond acceptors (Lipinski definition) is 3. The van der Waals surface area contributed by atoms with Crippen LogP contribution in [0.25, 0.3) is 17.2 Å². The van der Waals surface area contributed by atoms with Crippen LogP contribution in [0.1, 0.15) is 47.7 Å². The zero-order chi connectivity index (χ0) is 25.2. The Kier molecular flexibility index (Phi) is 6.47. The van der Waals surface area contributed by atoms with Gasteiger partial charge >= 0.3 is 5.97 Å². The van der Waals surface area contributed by atoms with Gasteiger partial charge < -0.3 is 10.0 Å². The van der Waals surface area contributed by atoms with Crippen LogP contribution in [0, 0.1) is 0 Å². The Balaban J connectivity index is 1.60. The maximum absolute atomic E-state index is 10.9. The Labute approximate surface area is 212 Å². The van der Waals surface area contributed by atoms with E-state index >= 15 is 0 Å². The Bertz CT molecular complexity index is 1400. The van der Waals surface area contributed by atoms with Gasteiger partial charge in [-0.15, -0.1) is 0 Å². The molecule has 36 heavy (non-hydrogen) atoms. The van der Waals surface area contributed by atoms with E-state index in [9.17, 15) is 4.79 Å². The fraction of sp³-hybridized carbons (Fsp3) is 0.226. The summed E-state index contributed by atoms with van der Waals surface area (Å²) in [5.41, 5.74) is 9.55. The first-order chi connectivity index (χ1) is 17.4. The second kappa shape index (κ2) is 9.86. The van der Waals surface area contributed by atoms with Crippen molar-refractivity contribution >= 4 is 17.7 Å². The molecule has 1 aromatic heterocycles. The molecule has 4 aromatic rings. The molecule has 1 N–H and O–H groups in total. The number of rotatable bonds is 6. The summed E-state index contributed by atoms with van der Waals surface area (Å²) in [4.78, 5) is 13.5. The quantitative estimate of drug-likeness (QED) is 0.332. The van der Waals surface area contributed by atoms with Gasteiger partial charge in [-0.2, -0.15) is 5.10 Å². The maximum atomic E-state index is 10.9. The summed E-state index contributed by atoms with van der Waals surface area (Å²) in [6.45, 7) is 4.47. The molecule has 2 heterocycles. The number of aliphatic carboxylic acids is 1. The average Bonchev–Trinajstić information content (AvgIpc) is 3.33. The molecule has 2 atom stereocenters. The van der Waals surface area contributed by atoms with Crippen molar-refractivity contribution in [3.8, 4) is 11.1 Å². The van der Waals surface area contributed by atoms with E-state index in [4.69, 9.17) is 5.11 Å². The number of carboxylic acids is 1. The summed E-state index contributed by atoms with van der Waals surface area (Å²) in [5, 5.41) is 13.3. The van der Waals surface area contributed by atoms with Gasteiger partial charge in [0.2, 0.25) is 0 Å². The highest BCUT2D eigenvalue weighted by molar-refractivity contribution is 5.85. The first-order valence-electron chi connectivity index (χ1n) is 12.4. The third-order valence-corrected chi connectivity index (χ3v) is 7.06. The van der Waals surface area contributed by atoms with Gasteiger partial charge in [0.1, 0.15) is 0 Å². The molecule has 3 aromatic carbocycles. The van der Waals surface area contributed by atoms with Crippen LogP contribution < -0.4 is 4.90 Å². The number of anilines is 1. The lowest BCUT2D eigenvalue weighted by molar-refractivity contribution is -0.131. The average molecular weight is 478 g/mol. The number of aromatic nitrogens is 2. The van der Waals surface area contributed by atoms with Gasteiger partial charge in [0, 0.05) is 36.6 Å². The number of carboxylic acid groups (broad SMARTS) is 1. The normalized spacial score (nSPS) is 17.4. The molecule has 5 nitrogen and oxygen atoms in total. The largest absolute Gasteiger partial charge is 0.478 e. The monoisotopic (exact) mass is 477 g/mol. The van der Waals surface area contributed by atoms with Gasteiger partial charge in [-0.3, -0.25) is 4.68 Å². The summed E-state index contributed by atoms with van der Waals surface area (Å²) in [7, 11) is 1.94. The van der Waals surface area contributed by atoms with Crippen molar-refractivity contribution in [3.05, 3.63) is 113 Å². The SMILES string of the molecule is CCc1ccc(N2[C@@H](c3ccc(/C=C/C(=O)O)cc3)c3ccc(-c4cnn(C)c4)cc3C[C@H]2C)cc1. The van der Waals surface area contributed by atoms with E-state index in [1.54, 1.807) is 6.08 Å².